The van der Waals surface area contributed by atoms with Gasteiger partial charge in [0, 0.05) is 11.6 Å². The molecule has 1 saturated heterocycles. The molecular weight excluding hydrogens is 208 g/mol. The summed E-state index contributed by atoms with van der Waals surface area (Å²) in [6.07, 6.45) is 13.7. The highest BCUT2D eigenvalue weighted by Crippen LogP contribution is 2.40. The van der Waals surface area contributed by atoms with Crippen LogP contribution >= 0.6 is 0 Å². The fraction of sp³-hybridized carbons (Fsp3) is 0.867. The van der Waals surface area contributed by atoms with Crippen molar-refractivity contribution in [1.29, 1.82) is 0 Å². The molecule has 2 fully saturated rings. The summed E-state index contributed by atoms with van der Waals surface area (Å²) in [5, 5.41) is 0. The standard InChI is InChI=1S/C15H28N2/c1-2-3-9-14(16)15(10-5-6-11-15)17-12-7-4-8-13-17/h2,14H,1,3-13,16H2. The number of allylic oxidation sites excluding steroid dienone is 1. The maximum Gasteiger partial charge on any atom is 0.0360 e. The second-order valence-corrected chi connectivity index (χ2v) is 5.83. The minimum atomic E-state index is 0.337. The van der Waals surface area contributed by atoms with Crippen molar-refractivity contribution in [2.45, 2.75) is 69.4 Å². The highest BCUT2D eigenvalue weighted by Gasteiger charge is 2.43. The maximum atomic E-state index is 6.54. The number of piperidine rings is 1. The Hall–Kier alpha value is -0.340. The Morgan fingerprint density at radius 1 is 1.12 bits per heavy atom. The Kier molecular flexibility index (Phi) is 4.63. The van der Waals surface area contributed by atoms with E-state index in [4.69, 9.17) is 5.73 Å². The molecule has 98 valence electrons. The van der Waals surface area contributed by atoms with E-state index in [9.17, 15) is 0 Å². The van der Waals surface area contributed by atoms with E-state index >= 15 is 0 Å². The third kappa shape index (κ3) is 2.74. The van der Waals surface area contributed by atoms with Gasteiger partial charge in [-0.1, -0.05) is 25.3 Å². The quantitative estimate of drug-likeness (QED) is 0.743. The van der Waals surface area contributed by atoms with E-state index in [2.05, 4.69) is 11.5 Å². The molecule has 0 aromatic heterocycles. The summed E-state index contributed by atoms with van der Waals surface area (Å²) in [6.45, 7) is 6.38. The molecule has 1 unspecified atom stereocenters. The molecule has 2 aliphatic rings. The zero-order chi connectivity index (χ0) is 12.1. The zero-order valence-corrected chi connectivity index (χ0v) is 11.2. The van der Waals surface area contributed by atoms with E-state index in [1.54, 1.807) is 0 Å². The van der Waals surface area contributed by atoms with Crippen LogP contribution in [-0.2, 0) is 0 Å². The number of nitrogens with two attached hydrogens (primary N) is 1. The first kappa shape index (κ1) is 13.1. The number of likely N-dealkylation sites (tertiary alicyclic amines) is 1. The van der Waals surface area contributed by atoms with Crippen LogP contribution < -0.4 is 5.73 Å². The number of hydrogen-bond donors (Lipinski definition) is 1. The number of hydrogen-bond acceptors (Lipinski definition) is 2. The van der Waals surface area contributed by atoms with Crippen molar-refractivity contribution >= 4 is 0 Å². The van der Waals surface area contributed by atoms with E-state index < -0.39 is 0 Å². The first-order valence-electron chi connectivity index (χ1n) is 7.41. The van der Waals surface area contributed by atoms with Crippen LogP contribution in [0.3, 0.4) is 0 Å². The lowest BCUT2D eigenvalue weighted by molar-refractivity contribution is 0.0461. The second-order valence-electron chi connectivity index (χ2n) is 5.83. The predicted molar refractivity (Wildman–Crippen MR) is 74.0 cm³/mol. The molecule has 1 aliphatic carbocycles. The smallest absolute Gasteiger partial charge is 0.0360 e. The van der Waals surface area contributed by atoms with Crippen LogP contribution in [0.5, 0.6) is 0 Å². The third-order valence-corrected chi connectivity index (χ3v) is 4.83. The van der Waals surface area contributed by atoms with Crippen molar-refractivity contribution in [3.05, 3.63) is 12.7 Å². The van der Waals surface area contributed by atoms with Crippen LogP contribution in [0.2, 0.25) is 0 Å². The van der Waals surface area contributed by atoms with E-state index in [0.29, 0.717) is 11.6 Å². The zero-order valence-electron chi connectivity index (χ0n) is 11.2. The van der Waals surface area contributed by atoms with Gasteiger partial charge in [-0.2, -0.15) is 0 Å². The Bertz CT molecular complexity index is 237. The average molecular weight is 236 g/mol. The van der Waals surface area contributed by atoms with E-state index in [1.165, 1.54) is 58.0 Å². The van der Waals surface area contributed by atoms with Crippen LogP contribution in [0.1, 0.15) is 57.8 Å². The van der Waals surface area contributed by atoms with Crippen molar-refractivity contribution in [2.24, 2.45) is 5.73 Å². The fourth-order valence-electron chi connectivity index (χ4n) is 3.81. The van der Waals surface area contributed by atoms with E-state index in [0.717, 1.165) is 12.8 Å². The highest BCUT2D eigenvalue weighted by molar-refractivity contribution is 5.03. The first-order chi connectivity index (χ1) is 8.29. The van der Waals surface area contributed by atoms with Crippen molar-refractivity contribution < 1.29 is 0 Å². The summed E-state index contributed by atoms with van der Waals surface area (Å²) >= 11 is 0. The SMILES string of the molecule is C=CCCC(N)C1(N2CCCCC2)CCCC1. The minimum Gasteiger partial charge on any atom is -0.326 e. The van der Waals surface area contributed by atoms with Gasteiger partial charge in [-0.15, -0.1) is 6.58 Å². The molecule has 2 heteroatoms. The Balaban J connectivity index is 2.04. The lowest BCUT2D eigenvalue weighted by Gasteiger charge is -2.47. The summed E-state index contributed by atoms with van der Waals surface area (Å²) in [5.74, 6) is 0. The number of nitrogens with zero attached hydrogens (tertiary/aromatic N) is 1. The monoisotopic (exact) mass is 236 g/mol. The fourth-order valence-corrected chi connectivity index (χ4v) is 3.81. The summed E-state index contributed by atoms with van der Waals surface area (Å²) in [5.41, 5.74) is 6.88. The van der Waals surface area contributed by atoms with Crippen molar-refractivity contribution in [2.75, 3.05) is 13.1 Å². The van der Waals surface area contributed by atoms with Crippen molar-refractivity contribution in [3.8, 4) is 0 Å². The van der Waals surface area contributed by atoms with Gasteiger partial charge in [-0.05, 0) is 51.6 Å². The normalized spacial score (nSPS) is 26.9. The molecule has 1 heterocycles. The van der Waals surface area contributed by atoms with Gasteiger partial charge in [-0.25, -0.2) is 0 Å². The maximum absolute atomic E-state index is 6.54. The van der Waals surface area contributed by atoms with Gasteiger partial charge in [-0.3, -0.25) is 4.90 Å². The van der Waals surface area contributed by atoms with Crippen LogP contribution in [-0.4, -0.2) is 29.6 Å². The summed E-state index contributed by atoms with van der Waals surface area (Å²) in [6, 6.07) is 0.348. The molecule has 2 rings (SSSR count). The Morgan fingerprint density at radius 2 is 1.76 bits per heavy atom. The molecule has 0 bridgehead atoms. The second kappa shape index (κ2) is 6.01. The summed E-state index contributed by atoms with van der Waals surface area (Å²) < 4.78 is 0. The number of rotatable bonds is 5. The van der Waals surface area contributed by atoms with Gasteiger partial charge in [0.1, 0.15) is 0 Å². The van der Waals surface area contributed by atoms with E-state index in [1.807, 2.05) is 6.08 Å². The van der Waals surface area contributed by atoms with Crippen LogP contribution in [0.15, 0.2) is 12.7 Å². The summed E-state index contributed by atoms with van der Waals surface area (Å²) in [4.78, 5) is 2.73. The summed E-state index contributed by atoms with van der Waals surface area (Å²) in [7, 11) is 0. The van der Waals surface area contributed by atoms with Gasteiger partial charge in [0.05, 0.1) is 0 Å². The molecule has 0 spiro atoms. The van der Waals surface area contributed by atoms with Gasteiger partial charge >= 0.3 is 0 Å². The van der Waals surface area contributed by atoms with Gasteiger partial charge in [0.2, 0.25) is 0 Å². The molecule has 0 aromatic carbocycles. The lowest BCUT2D eigenvalue weighted by Crippen LogP contribution is -2.59. The van der Waals surface area contributed by atoms with Crippen LogP contribution in [0.4, 0.5) is 0 Å². The van der Waals surface area contributed by atoms with Crippen molar-refractivity contribution in [3.63, 3.8) is 0 Å². The molecule has 0 aromatic rings. The molecular formula is C15H28N2. The van der Waals surface area contributed by atoms with Gasteiger partial charge in [0.25, 0.3) is 0 Å². The Labute approximate surface area is 106 Å². The van der Waals surface area contributed by atoms with E-state index in [-0.39, 0.29) is 0 Å². The molecule has 2 N–H and O–H groups in total. The molecule has 2 nitrogen and oxygen atoms in total. The molecule has 1 aliphatic heterocycles. The minimum absolute atomic E-state index is 0.337. The van der Waals surface area contributed by atoms with Crippen LogP contribution in [0.25, 0.3) is 0 Å². The van der Waals surface area contributed by atoms with Gasteiger partial charge in [0.15, 0.2) is 0 Å². The average Bonchev–Trinajstić information content (AvgIpc) is 2.87. The molecule has 0 amide bonds. The third-order valence-electron chi connectivity index (χ3n) is 4.83. The molecule has 17 heavy (non-hydrogen) atoms. The molecule has 0 radical (unpaired) electrons. The molecule has 1 atom stereocenters. The topological polar surface area (TPSA) is 29.3 Å². The highest BCUT2D eigenvalue weighted by atomic mass is 15.2. The van der Waals surface area contributed by atoms with Crippen LogP contribution in [0, 0.1) is 0 Å². The van der Waals surface area contributed by atoms with Gasteiger partial charge < -0.3 is 5.73 Å². The Morgan fingerprint density at radius 3 is 2.35 bits per heavy atom. The van der Waals surface area contributed by atoms with Crippen molar-refractivity contribution in [1.82, 2.24) is 4.90 Å². The lowest BCUT2D eigenvalue weighted by atomic mass is 9.82. The molecule has 1 saturated carbocycles. The largest absolute Gasteiger partial charge is 0.326 e. The first-order valence-corrected chi connectivity index (χ1v) is 7.41. The predicted octanol–water partition coefficient (Wildman–Crippen LogP) is 3.08.